The maximum absolute atomic E-state index is 12.0. The second kappa shape index (κ2) is 4.66. The monoisotopic (exact) mass is 218 g/mol. The van der Waals surface area contributed by atoms with Gasteiger partial charge in [-0.1, -0.05) is 12.1 Å². The van der Waals surface area contributed by atoms with Crippen LogP contribution in [0.5, 0.6) is 0 Å². The van der Waals surface area contributed by atoms with E-state index >= 15 is 0 Å². The molecule has 0 unspecified atom stereocenters. The highest BCUT2D eigenvalue weighted by atomic mass is 16.2. The van der Waals surface area contributed by atoms with Gasteiger partial charge in [-0.2, -0.15) is 0 Å². The summed E-state index contributed by atoms with van der Waals surface area (Å²) in [6.07, 6.45) is 2.10. The third-order valence-corrected chi connectivity index (χ3v) is 2.99. The first-order valence-corrected chi connectivity index (χ1v) is 5.86. The molecule has 0 spiro atoms. The highest BCUT2D eigenvalue weighted by molar-refractivity contribution is 5.96. The van der Waals surface area contributed by atoms with E-state index in [-0.39, 0.29) is 11.8 Å². The second-order valence-corrected chi connectivity index (χ2v) is 4.23. The number of hydrogen-bond acceptors (Lipinski definition) is 2. The van der Waals surface area contributed by atoms with Crippen LogP contribution in [-0.2, 0) is 11.3 Å². The Hall–Kier alpha value is -1.35. The number of rotatable bonds is 4. The van der Waals surface area contributed by atoms with Crippen molar-refractivity contribution in [3.05, 3.63) is 29.8 Å². The van der Waals surface area contributed by atoms with Crippen molar-refractivity contribution < 1.29 is 4.79 Å². The molecule has 0 atom stereocenters. The molecule has 0 aromatic heterocycles. The van der Waals surface area contributed by atoms with E-state index in [1.54, 1.807) is 0 Å². The summed E-state index contributed by atoms with van der Waals surface area (Å²) in [5, 5.41) is 0. The minimum atomic E-state index is 0.267. The van der Waals surface area contributed by atoms with Crippen LogP contribution in [0, 0.1) is 5.92 Å². The zero-order valence-electron chi connectivity index (χ0n) is 9.65. The molecule has 1 aromatic carbocycles. The fourth-order valence-electron chi connectivity index (χ4n) is 1.83. The van der Waals surface area contributed by atoms with Gasteiger partial charge in [0.15, 0.2) is 0 Å². The molecule has 86 valence electrons. The molecule has 16 heavy (non-hydrogen) atoms. The van der Waals surface area contributed by atoms with Crippen LogP contribution < -0.4 is 10.6 Å². The van der Waals surface area contributed by atoms with Crippen LogP contribution in [-0.4, -0.2) is 12.5 Å². The van der Waals surface area contributed by atoms with Crippen LogP contribution in [0.1, 0.15) is 25.3 Å². The first kappa shape index (κ1) is 11.1. The molecule has 0 radical (unpaired) electrons. The van der Waals surface area contributed by atoms with Gasteiger partial charge in [-0.15, -0.1) is 0 Å². The quantitative estimate of drug-likeness (QED) is 0.839. The second-order valence-electron chi connectivity index (χ2n) is 4.23. The largest absolute Gasteiger partial charge is 0.326 e. The van der Waals surface area contributed by atoms with E-state index in [0.717, 1.165) is 30.6 Å². The molecule has 1 aromatic rings. The Morgan fingerprint density at radius 1 is 1.38 bits per heavy atom. The van der Waals surface area contributed by atoms with Gasteiger partial charge in [-0.3, -0.25) is 4.79 Å². The lowest BCUT2D eigenvalue weighted by Gasteiger charge is -2.21. The Balaban J connectivity index is 2.15. The van der Waals surface area contributed by atoms with Gasteiger partial charge >= 0.3 is 0 Å². The molecule has 1 fully saturated rings. The zero-order valence-corrected chi connectivity index (χ0v) is 9.65. The Labute approximate surface area is 96.2 Å². The molecule has 1 saturated carbocycles. The van der Waals surface area contributed by atoms with E-state index in [0.29, 0.717) is 6.54 Å². The number of carbonyl (C=O) groups excluding carboxylic acids is 1. The van der Waals surface area contributed by atoms with Gasteiger partial charge in [-0.05, 0) is 37.5 Å². The molecule has 1 aliphatic rings. The summed E-state index contributed by atoms with van der Waals surface area (Å²) in [6, 6.07) is 7.92. The SMILES string of the molecule is CCN(C(=O)C1CC1)c1ccc(CN)cc1. The molecule has 0 heterocycles. The van der Waals surface area contributed by atoms with Gasteiger partial charge in [0.25, 0.3) is 0 Å². The van der Waals surface area contributed by atoms with Crippen molar-refractivity contribution >= 4 is 11.6 Å². The Morgan fingerprint density at radius 2 is 2.00 bits per heavy atom. The normalized spacial score (nSPS) is 14.9. The molecule has 1 amide bonds. The van der Waals surface area contributed by atoms with Gasteiger partial charge < -0.3 is 10.6 Å². The smallest absolute Gasteiger partial charge is 0.230 e. The van der Waals surface area contributed by atoms with E-state index in [1.165, 1.54) is 0 Å². The van der Waals surface area contributed by atoms with E-state index in [2.05, 4.69) is 0 Å². The lowest BCUT2D eigenvalue weighted by Crippen LogP contribution is -2.31. The highest BCUT2D eigenvalue weighted by Crippen LogP contribution is 2.32. The molecule has 2 rings (SSSR count). The maximum atomic E-state index is 12.0. The summed E-state index contributed by atoms with van der Waals surface area (Å²) >= 11 is 0. The van der Waals surface area contributed by atoms with E-state index < -0.39 is 0 Å². The summed E-state index contributed by atoms with van der Waals surface area (Å²) < 4.78 is 0. The minimum Gasteiger partial charge on any atom is -0.326 e. The van der Waals surface area contributed by atoms with Crippen molar-refractivity contribution in [2.75, 3.05) is 11.4 Å². The maximum Gasteiger partial charge on any atom is 0.230 e. The van der Waals surface area contributed by atoms with Gasteiger partial charge in [0.1, 0.15) is 0 Å². The first-order chi connectivity index (χ1) is 7.76. The number of nitrogens with zero attached hydrogens (tertiary/aromatic N) is 1. The third kappa shape index (κ3) is 2.25. The predicted molar refractivity (Wildman–Crippen MR) is 65.1 cm³/mol. The Kier molecular flexibility index (Phi) is 3.25. The molecule has 1 aliphatic carbocycles. The van der Waals surface area contributed by atoms with E-state index in [1.807, 2.05) is 36.1 Å². The van der Waals surface area contributed by atoms with Crippen molar-refractivity contribution in [1.82, 2.24) is 0 Å². The molecule has 0 bridgehead atoms. The molecule has 3 heteroatoms. The van der Waals surface area contributed by atoms with Crippen LogP contribution in [0.15, 0.2) is 24.3 Å². The number of benzene rings is 1. The van der Waals surface area contributed by atoms with Crippen LogP contribution in [0.3, 0.4) is 0 Å². The Morgan fingerprint density at radius 3 is 2.44 bits per heavy atom. The molecule has 3 nitrogen and oxygen atoms in total. The number of carbonyl (C=O) groups is 1. The number of nitrogens with two attached hydrogens (primary N) is 1. The lowest BCUT2D eigenvalue weighted by atomic mass is 10.2. The topological polar surface area (TPSA) is 46.3 Å². The fraction of sp³-hybridized carbons (Fsp3) is 0.462. The van der Waals surface area contributed by atoms with Gasteiger partial charge in [0.05, 0.1) is 0 Å². The summed E-state index contributed by atoms with van der Waals surface area (Å²) in [7, 11) is 0. The van der Waals surface area contributed by atoms with Crippen LogP contribution in [0.4, 0.5) is 5.69 Å². The fourth-order valence-corrected chi connectivity index (χ4v) is 1.83. The van der Waals surface area contributed by atoms with Gasteiger partial charge in [0, 0.05) is 24.7 Å². The molecule has 0 aliphatic heterocycles. The average Bonchev–Trinajstić information content (AvgIpc) is 3.14. The number of anilines is 1. The molecular formula is C13H18N2O. The number of hydrogen-bond donors (Lipinski definition) is 1. The third-order valence-electron chi connectivity index (χ3n) is 2.99. The summed E-state index contributed by atoms with van der Waals surface area (Å²) in [6.45, 7) is 3.29. The van der Waals surface area contributed by atoms with Crippen LogP contribution in [0.25, 0.3) is 0 Å². The van der Waals surface area contributed by atoms with E-state index in [4.69, 9.17) is 5.73 Å². The van der Waals surface area contributed by atoms with Crippen molar-refractivity contribution in [3.63, 3.8) is 0 Å². The minimum absolute atomic E-state index is 0.267. The molecule has 2 N–H and O–H groups in total. The zero-order chi connectivity index (χ0) is 11.5. The lowest BCUT2D eigenvalue weighted by molar-refractivity contribution is -0.119. The van der Waals surface area contributed by atoms with Crippen LogP contribution in [0.2, 0.25) is 0 Å². The van der Waals surface area contributed by atoms with Crippen molar-refractivity contribution in [2.24, 2.45) is 11.7 Å². The Bertz CT molecular complexity index is 368. The van der Waals surface area contributed by atoms with Gasteiger partial charge in [0.2, 0.25) is 5.91 Å². The predicted octanol–water partition coefficient (Wildman–Crippen LogP) is 1.91. The molecular weight excluding hydrogens is 200 g/mol. The summed E-state index contributed by atoms with van der Waals surface area (Å²) in [4.78, 5) is 13.9. The highest BCUT2D eigenvalue weighted by Gasteiger charge is 2.33. The van der Waals surface area contributed by atoms with Crippen molar-refractivity contribution in [1.29, 1.82) is 0 Å². The number of amides is 1. The van der Waals surface area contributed by atoms with E-state index in [9.17, 15) is 4.79 Å². The van der Waals surface area contributed by atoms with Gasteiger partial charge in [-0.25, -0.2) is 0 Å². The van der Waals surface area contributed by atoms with Crippen LogP contribution >= 0.6 is 0 Å². The molecule has 0 saturated heterocycles. The average molecular weight is 218 g/mol. The standard InChI is InChI=1S/C13H18N2O/c1-2-15(13(16)11-5-6-11)12-7-3-10(9-14)4-8-12/h3-4,7-8,11H,2,5-6,9,14H2,1H3. The van der Waals surface area contributed by atoms with Crippen molar-refractivity contribution in [3.8, 4) is 0 Å². The summed E-state index contributed by atoms with van der Waals surface area (Å²) in [5.41, 5.74) is 7.62. The van der Waals surface area contributed by atoms with Crippen molar-refractivity contribution in [2.45, 2.75) is 26.3 Å². The first-order valence-electron chi connectivity index (χ1n) is 5.86. The summed E-state index contributed by atoms with van der Waals surface area (Å²) in [5.74, 6) is 0.539.